The van der Waals surface area contributed by atoms with E-state index in [1.807, 2.05) is 24.3 Å². The SMILES string of the molecule is Fc1ccc(Sc2ccccc2)c(C2=CCNCC2)c1. The number of nitrogens with one attached hydrogen (secondary N) is 1. The quantitative estimate of drug-likeness (QED) is 0.899. The van der Waals surface area contributed by atoms with Crippen LogP contribution in [0.3, 0.4) is 0 Å². The molecule has 2 aromatic carbocycles. The first kappa shape index (κ1) is 13.4. The van der Waals surface area contributed by atoms with Gasteiger partial charge in [0.25, 0.3) is 0 Å². The topological polar surface area (TPSA) is 12.0 Å². The molecule has 0 aliphatic carbocycles. The average Bonchev–Trinajstić information content (AvgIpc) is 2.51. The third-order valence-electron chi connectivity index (χ3n) is 3.32. The van der Waals surface area contributed by atoms with E-state index in [1.54, 1.807) is 17.8 Å². The molecule has 1 N–H and O–H groups in total. The number of halogens is 1. The van der Waals surface area contributed by atoms with Gasteiger partial charge in [0, 0.05) is 16.3 Å². The fourth-order valence-electron chi connectivity index (χ4n) is 2.32. The summed E-state index contributed by atoms with van der Waals surface area (Å²) in [6.07, 6.45) is 3.11. The number of benzene rings is 2. The monoisotopic (exact) mass is 285 g/mol. The van der Waals surface area contributed by atoms with Crippen LogP contribution in [-0.2, 0) is 0 Å². The second kappa shape index (κ2) is 6.25. The molecule has 0 fully saturated rings. The van der Waals surface area contributed by atoms with Crippen LogP contribution in [0.2, 0.25) is 0 Å². The first-order chi connectivity index (χ1) is 9.83. The minimum absolute atomic E-state index is 0.170. The van der Waals surface area contributed by atoms with Crippen LogP contribution < -0.4 is 5.32 Å². The molecule has 0 aromatic heterocycles. The van der Waals surface area contributed by atoms with Crippen LogP contribution in [0, 0.1) is 5.82 Å². The minimum Gasteiger partial charge on any atom is -0.313 e. The Morgan fingerprint density at radius 3 is 2.65 bits per heavy atom. The van der Waals surface area contributed by atoms with Gasteiger partial charge in [-0.3, -0.25) is 0 Å². The highest BCUT2D eigenvalue weighted by molar-refractivity contribution is 7.99. The van der Waals surface area contributed by atoms with Crippen molar-refractivity contribution in [1.29, 1.82) is 0 Å². The molecule has 3 heteroatoms. The lowest BCUT2D eigenvalue weighted by Crippen LogP contribution is -2.20. The Hall–Kier alpha value is -1.58. The van der Waals surface area contributed by atoms with Gasteiger partial charge in [-0.1, -0.05) is 36.0 Å². The summed E-state index contributed by atoms with van der Waals surface area (Å²) in [4.78, 5) is 2.29. The first-order valence-electron chi connectivity index (χ1n) is 6.75. The molecule has 1 aliphatic rings. The Bertz CT molecular complexity index is 622. The molecule has 0 bridgehead atoms. The fourth-order valence-corrected chi connectivity index (χ4v) is 3.31. The molecule has 102 valence electrons. The van der Waals surface area contributed by atoms with Gasteiger partial charge in [0.05, 0.1) is 0 Å². The Balaban J connectivity index is 1.96. The molecule has 0 atom stereocenters. The number of hydrogen-bond donors (Lipinski definition) is 1. The molecule has 0 saturated carbocycles. The third kappa shape index (κ3) is 3.11. The van der Waals surface area contributed by atoms with Gasteiger partial charge in [-0.25, -0.2) is 4.39 Å². The van der Waals surface area contributed by atoms with Gasteiger partial charge in [0.15, 0.2) is 0 Å². The van der Waals surface area contributed by atoms with E-state index in [-0.39, 0.29) is 5.82 Å². The third-order valence-corrected chi connectivity index (χ3v) is 4.41. The maximum absolute atomic E-state index is 13.6. The molecular formula is C17H16FNS. The molecular weight excluding hydrogens is 269 g/mol. The second-order valence-electron chi connectivity index (χ2n) is 4.74. The standard InChI is InChI=1S/C17H16FNS/c18-14-6-7-17(20-15-4-2-1-3-5-15)16(12-14)13-8-10-19-11-9-13/h1-8,12,19H,9-11H2. The Kier molecular flexibility index (Phi) is 4.19. The van der Waals surface area contributed by atoms with Crippen LogP contribution >= 0.6 is 11.8 Å². The summed E-state index contributed by atoms with van der Waals surface area (Å²) >= 11 is 1.69. The zero-order valence-corrected chi connectivity index (χ0v) is 11.9. The highest BCUT2D eigenvalue weighted by Gasteiger charge is 2.12. The molecule has 0 amide bonds. The lowest BCUT2D eigenvalue weighted by Gasteiger charge is -2.17. The predicted molar refractivity (Wildman–Crippen MR) is 82.4 cm³/mol. The zero-order valence-electron chi connectivity index (χ0n) is 11.1. The highest BCUT2D eigenvalue weighted by Crippen LogP contribution is 2.35. The molecule has 0 saturated heterocycles. The van der Waals surface area contributed by atoms with Crippen molar-refractivity contribution in [3.63, 3.8) is 0 Å². The van der Waals surface area contributed by atoms with E-state index in [2.05, 4.69) is 23.5 Å². The molecule has 1 heterocycles. The lowest BCUT2D eigenvalue weighted by molar-refractivity contribution is 0.625. The Morgan fingerprint density at radius 2 is 1.90 bits per heavy atom. The molecule has 1 aliphatic heterocycles. The van der Waals surface area contributed by atoms with E-state index >= 15 is 0 Å². The van der Waals surface area contributed by atoms with Gasteiger partial charge < -0.3 is 5.32 Å². The van der Waals surface area contributed by atoms with Crippen LogP contribution in [0.15, 0.2) is 64.4 Å². The van der Waals surface area contributed by atoms with Crippen LogP contribution in [0.5, 0.6) is 0 Å². The van der Waals surface area contributed by atoms with Crippen LogP contribution in [0.1, 0.15) is 12.0 Å². The smallest absolute Gasteiger partial charge is 0.123 e. The highest BCUT2D eigenvalue weighted by atomic mass is 32.2. The molecule has 0 unspecified atom stereocenters. The van der Waals surface area contributed by atoms with Crippen molar-refractivity contribution in [2.24, 2.45) is 0 Å². The number of rotatable bonds is 3. The second-order valence-corrected chi connectivity index (χ2v) is 5.85. The Labute approximate surface area is 122 Å². The van der Waals surface area contributed by atoms with E-state index in [1.165, 1.54) is 16.5 Å². The minimum atomic E-state index is -0.170. The van der Waals surface area contributed by atoms with E-state index in [4.69, 9.17) is 0 Å². The summed E-state index contributed by atoms with van der Waals surface area (Å²) in [5.41, 5.74) is 2.27. The summed E-state index contributed by atoms with van der Waals surface area (Å²) in [5.74, 6) is -0.170. The van der Waals surface area contributed by atoms with Crippen molar-refractivity contribution in [2.45, 2.75) is 16.2 Å². The van der Waals surface area contributed by atoms with Gasteiger partial charge in [0.2, 0.25) is 0 Å². The molecule has 0 spiro atoms. The lowest BCUT2D eigenvalue weighted by atomic mass is 10.0. The first-order valence-corrected chi connectivity index (χ1v) is 7.57. The summed E-state index contributed by atoms with van der Waals surface area (Å²) < 4.78 is 13.6. The van der Waals surface area contributed by atoms with E-state index in [0.717, 1.165) is 30.0 Å². The summed E-state index contributed by atoms with van der Waals surface area (Å²) in [6.45, 7) is 1.82. The van der Waals surface area contributed by atoms with Crippen molar-refractivity contribution in [1.82, 2.24) is 5.32 Å². The summed E-state index contributed by atoms with van der Waals surface area (Å²) in [7, 11) is 0. The normalized spacial score (nSPS) is 14.9. The molecule has 2 aromatic rings. The van der Waals surface area contributed by atoms with Gasteiger partial charge in [0.1, 0.15) is 5.82 Å². The summed E-state index contributed by atoms with van der Waals surface area (Å²) in [6, 6.07) is 15.3. The van der Waals surface area contributed by atoms with Crippen molar-refractivity contribution in [3.05, 3.63) is 66.0 Å². The molecule has 3 rings (SSSR count). The van der Waals surface area contributed by atoms with E-state index < -0.39 is 0 Å². The summed E-state index contributed by atoms with van der Waals surface area (Å²) in [5, 5.41) is 3.29. The molecule has 1 nitrogen and oxygen atoms in total. The van der Waals surface area contributed by atoms with Gasteiger partial charge in [-0.05, 0) is 54.4 Å². The fraction of sp³-hybridized carbons (Fsp3) is 0.176. The maximum atomic E-state index is 13.6. The van der Waals surface area contributed by atoms with Gasteiger partial charge in [-0.15, -0.1) is 0 Å². The van der Waals surface area contributed by atoms with Crippen LogP contribution in [0.4, 0.5) is 4.39 Å². The van der Waals surface area contributed by atoms with Crippen molar-refractivity contribution < 1.29 is 4.39 Å². The maximum Gasteiger partial charge on any atom is 0.123 e. The van der Waals surface area contributed by atoms with Crippen molar-refractivity contribution in [3.8, 4) is 0 Å². The van der Waals surface area contributed by atoms with E-state index in [9.17, 15) is 4.39 Å². The predicted octanol–water partition coefficient (Wildman–Crippen LogP) is 4.35. The van der Waals surface area contributed by atoms with Crippen molar-refractivity contribution in [2.75, 3.05) is 13.1 Å². The van der Waals surface area contributed by atoms with Crippen LogP contribution in [-0.4, -0.2) is 13.1 Å². The largest absolute Gasteiger partial charge is 0.313 e. The van der Waals surface area contributed by atoms with Gasteiger partial charge >= 0.3 is 0 Å². The molecule has 0 radical (unpaired) electrons. The van der Waals surface area contributed by atoms with Crippen LogP contribution in [0.25, 0.3) is 5.57 Å². The molecule has 20 heavy (non-hydrogen) atoms. The number of hydrogen-bond acceptors (Lipinski definition) is 2. The van der Waals surface area contributed by atoms with Crippen molar-refractivity contribution >= 4 is 17.3 Å². The Morgan fingerprint density at radius 1 is 1.05 bits per heavy atom. The van der Waals surface area contributed by atoms with Gasteiger partial charge in [-0.2, -0.15) is 0 Å². The zero-order chi connectivity index (χ0) is 13.8. The van der Waals surface area contributed by atoms with E-state index in [0.29, 0.717) is 0 Å². The average molecular weight is 285 g/mol.